The fraction of sp³-hybridized carbons (Fsp3) is 0.409. The van der Waals surface area contributed by atoms with Crippen LogP contribution in [0.2, 0.25) is 0 Å². The molecular weight excluding hydrogens is 336 g/mol. The summed E-state index contributed by atoms with van der Waals surface area (Å²) in [5.41, 5.74) is 4.02. The normalized spacial score (nSPS) is 13.0. The molecule has 0 atom stereocenters. The van der Waals surface area contributed by atoms with Crippen LogP contribution in [-0.4, -0.2) is 14.6 Å². The molecule has 4 aromatic rings. The lowest BCUT2D eigenvalue weighted by Crippen LogP contribution is -2.49. The molecule has 5 nitrogen and oxygen atoms in total. The van der Waals surface area contributed by atoms with Gasteiger partial charge in [-0.2, -0.15) is 4.68 Å². The Bertz CT molecular complexity index is 1130. The number of pyridine rings is 2. The number of fused-ring (bicyclic) bond motifs is 2. The van der Waals surface area contributed by atoms with E-state index in [0.717, 1.165) is 34.4 Å². The summed E-state index contributed by atoms with van der Waals surface area (Å²) < 4.78 is 9.98. The quantitative estimate of drug-likeness (QED) is 0.511. The Balaban J connectivity index is 1.74. The molecule has 0 radical (unpaired) electrons. The summed E-state index contributed by atoms with van der Waals surface area (Å²) in [6, 6.07) is 6.19. The molecule has 4 heterocycles. The average molecular weight is 363 g/mol. The monoisotopic (exact) mass is 363 g/mol. The van der Waals surface area contributed by atoms with Gasteiger partial charge in [0, 0.05) is 28.8 Å². The van der Waals surface area contributed by atoms with Crippen LogP contribution in [0.4, 0.5) is 0 Å². The van der Waals surface area contributed by atoms with Gasteiger partial charge in [-0.25, -0.2) is 0 Å². The summed E-state index contributed by atoms with van der Waals surface area (Å²) in [6.45, 7) is 11.8. The Hall–Kier alpha value is -2.69. The molecule has 0 bridgehead atoms. The smallest absolute Gasteiger partial charge is 0.256 e. The van der Waals surface area contributed by atoms with Crippen molar-refractivity contribution in [2.45, 2.75) is 52.0 Å². The van der Waals surface area contributed by atoms with Gasteiger partial charge in [0.1, 0.15) is 11.8 Å². The molecular formula is C22H27N4O+. The molecule has 0 amide bonds. The summed E-state index contributed by atoms with van der Waals surface area (Å²) in [5, 5.41) is 2.24. The van der Waals surface area contributed by atoms with Crippen LogP contribution in [0.3, 0.4) is 0 Å². The molecule has 0 N–H and O–H groups in total. The summed E-state index contributed by atoms with van der Waals surface area (Å²) in [4.78, 5) is 9.41. The van der Waals surface area contributed by atoms with E-state index in [2.05, 4.69) is 74.3 Å². The molecule has 0 aromatic carbocycles. The van der Waals surface area contributed by atoms with Crippen LogP contribution in [0.25, 0.3) is 21.9 Å². The summed E-state index contributed by atoms with van der Waals surface area (Å²) in [6.07, 6.45) is 7.77. The minimum Gasteiger partial charge on any atom is -0.464 e. The zero-order valence-corrected chi connectivity index (χ0v) is 16.9. The number of aromatic nitrogens is 4. The largest absolute Gasteiger partial charge is 0.464 e. The molecule has 0 saturated heterocycles. The van der Waals surface area contributed by atoms with Crippen LogP contribution in [-0.2, 0) is 24.4 Å². The maximum atomic E-state index is 5.57. The number of hydrogen-bond acceptors (Lipinski definition) is 3. The van der Waals surface area contributed by atoms with Crippen molar-refractivity contribution in [2.24, 2.45) is 7.05 Å². The van der Waals surface area contributed by atoms with Gasteiger partial charge in [0.25, 0.3) is 5.52 Å². The molecule has 140 valence electrons. The third-order valence-corrected chi connectivity index (χ3v) is 5.24. The van der Waals surface area contributed by atoms with Gasteiger partial charge in [0.15, 0.2) is 6.54 Å². The first-order valence-corrected chi connectivity index (χ1v) is 9.34. The van der Waals surface area contributed by atoms with Crippen LogP contribution in [0.5, 0.6) is 0 Å². The molecule has 27 heavy (non-hydrogen) atoms. The third kappa shape index (κ3) is 3.11. The molecule has 0 aliphatic heterocycles. The predicted molar refractivity (Wildman–Crippen MR) is 107 cm³/mol. The fourth-order valence-corrected chi connectivity index (χ4v) is 3.51. The van der Waals surface area contributed by atoms with Gasteiger partial charge < -0.3 is 4.42 Å². The van der Waals surface area contributed by atoms with Gasteiger partial charge in [-0.1, -0.05) is 20.8 Å². The van der Waals surface area contributed by atoms with Crippen molar-refractivity contribution in [1.82, 2.24) is 14.6 Å². The molecule has 0 spiro atoms. The maximum Gasteiger partial charge on any atom is 0.256 e. The Kier molecular flexibility index (Phi) is 3.88. The molecule has 0 unspecified atom stereocenters. The Morgan fingerprint density at radius 1 is 1.00 bits per heavy atom. The summed E-state index contributed by atoms with van der Waals surface area (Å²) in [7, 11) is 2.08. The highest BCUT2D eigenvalue weighted by Gasteiger charge is 2.31. The molecule has 0 aliphatic carbocycles. The molecule has 0 aliphatic rings. The van der Waals surface area contributed by atoms with E-state index in [1.165, 1.54) is 5.39 Å². The Morgan fingerprint density at radius 2 is 1.74 bits per heavy atom. The Labute approximate surface area is 159 Å². The van der Waals surface area contributed by atoms with E-state index in [0.29, 0.717) is 0 Å². The Morgan fingerprint density at radius 3 is 2.48 bits per heavy atom. The fourth-order valence-electron chi connectivity index (χ4n) is 3.51. The van der Waals surface area contributed by atoms with Gasteiger partial charge in [-0.3, -0.25) is 9.97 Å². The second-order valence-corrected chi connectivity index (χ2v) is 9.05. The van der Waals surface area contributed by atoms with Gasteiger partial charge in [-0.05, 0) is 26.0 Å². The first kappa shape index (κ1) is 17.7. The second kappa shape index (κ2) is 5.91. The van der Waals surface area contributed by atoms with Crippen LogP contribution >= 0.6 is 0 Å². The van der Waals surface area contributed by atoms with Crippen molar-refractivity contribution in [1.29, 1.82) is 0 Å². The van der Waals surface area contributed by atoms with E-state index in [9.17, 15) is 0 Å². The van der Waals surface area contributed by atoms with Crippen molar-refractivity contribution < 1.29 is 9.10 Å². The van der Waals surface area contributed by atoms with E-state index in [-0.39, 0.29) is 10.8 Å². The zero-order chi connectivity index (χ0) is 19.4. The first-order valence-electron chi connectivity index (χ1n) is 9.34. The van der Waals surface area contributed by atoms with Gasteiger partial charge >= 0.3 is 0 Å². The van der Waals surface area contributed by atoms with E-state index < -0.39 is 0 Å². The summed E-state index contributed by atoms with van der Waals surface area (Å²) in [5.74, 6) is 0. The zero-order valence-electron chi connectivity index (χ0n) is 16.9. The minimum absolute atomic E-state index is 0.0382. The van der Waals surface area contributed by atoms with Gasteiger partial charge in [0.2, 0.25) is 0 Å². The standard InChI is InChI=1S/C22H27N4O/c1-21(2,3)19-9-16-13-25(6)26(17(16)12-24-19)14-22(4,5)20-10-18-15(11-23-20)7-8-27-18/h7-13H,14H2,1-6H3/q+1. The van der Waals surface area contributed by atoms with Crippen LogP contribution in [0, 0.1) is 0 Å². The lowest BCUT2D eigenvalue weighted by molar-refractivity contribution is -0.757. The lowest BCUT2D eigenvalue weighted by atomic mass is 9.88. The lowest BCUT2D eigenvalue weighted by Gasteiger charge is -2.20. The molecule has 0 saturated carbocycles. The number of furan rings is 1. The van der Waals surface area contributed by atoms with E-state index in [4.69, 9.17) is 9.40 Å². The van der Waals surface area contributed by atoms with Gasteiger partial charge in [0.05, 0.1) is 36.0 Å². The van der Waals surface area contributed by atoms with Crippen molar-refractivity contribution in [2.75, 3.05) is 0 Å². The highest BCUT2D eigenvalue weighted by molar-refractivity contribution is 5.76. The highest BCUT2D eigenvalue weighted by Crippen LogP contribution is 2.27. The van der Waals surface area contributed by atoms with Crippen LogP contribution < -0.4 is 4.68 Å². The predicted octanol–water partition coefficient (Wildman–Crippen LogP) is 4.28. The first-order chi connectivity index (χ1) is 12.6. The SMILES string of the molecule is Cn1cc2cc(C(C)(C)C)ncc2[n+]1CC(C)(C)c1cc2occc2cn1. The average Bonchev–Trinajstić information content (AvgIpc) is 3.17. The van der Waals surface area contributed by atoms with Crippen molar-refractivity contribution in [3.05, 3.63) is 54.4 Å². The van der Waals surface area contributed by atoms with Crippen LogP contribution in [0.1, 0.15) is 46.0 Å². The minimum atomic E-state index is -0.159. The molecule has 5 heteroatoms. The number of aryl methyl sites for hydroxylation is 1. The molecule has 0 fully saturated rings. The van der Waals surface area contributed by atoms with Crippen LogP contribution in [0.15, 0.2) is 47.5 Å². The number of rotatable bonds is 3. The molecule has 4 rings (SSSR count). The van der Waals surface area contributed by atoms with Crippen molar-refractivity contribution >= 4 is 21.9 Å². The van der Waals surface area contributed by atoms with Gasteiger partial charge in [-0.15, -0.1) is 4.68 Å². The number of nitrogens with zero attached hydrogens (tertiary/aromatic N) is 4. The topological polar surface area (TPSA) is 47.7 Å². The van der Waals surface area contributed by atoms with Crippen molar-refractivity contribution in [3.63, 3.8) is 0 Å². The van der Waals surface area contributed by atoms with E-state index in [1.54, 1.807) is 6.26 Å². The van der Waals surface area contributed by atoms with Crippen molar-refractivity contribution in [3.8, 4) is 0 Å². The highest BCUT2D eigenvalue weighted by atomic mass is 16.3. The maximum absolute atomic E-state index is 5.57. The summed E-state index contributed by atoms with van der Waals surface area (Å²) >= 11 is 0. The third-order valence-electron chi connectivity index (χ3n) is 5.24. The second-order valence-electron chi connectivity index (χ2n) is 9.05. The van der Waals surface area contributed by atoms with E-state index in [1.807, 2.05) is 18.5 Å². The molecule has 4 aromatic heterocycles. The van der Waals surface area contributed by atoms with E-state index >= 15 is 0 Å². The number of hydrogen-bond donors (Lipinski definition) is 0.